The molecule has 0 radical (unpaired) electrons. The van der Waals surface area contributed by atoms with Crippen molar-refractivity contribution < 1.29 is 31.5 Å². The Bertz CT molecular complexity index is 997. The molecule has 1 heterocycles. The maximum Gasteiger partial charge on any atom is 0.388 e. The Labute approximate surface area is 172 Å². The van der Waals surface area contributed by atoms with E-state index in [1.54, 1.807) is 24.3 Å². The molecule has 0 atom stereocenters. The summed E-state index contributed by atoms with van der Waals surface area (Å²) < 4.78 is 51.8. The number of hydrogen-bond donors (Lipinski definition) is 1. The Balaban J connectivity index is 2.23. The van der Waals surface area contributed by atoms with E-state index in [9.17, 15) is 26.8 Å². The van der Waals surface area contributed by atoms with Gasteiger partial charge in [-0.05, 0) is 17.2 Å². The number of carbonyl (C=O) groups excluding carboxylic acids is 2. The number of amides is 2. The molecule has 1 aromatic carbocycles. The van der Waals surface area contributed by atoms with Crippen LogP contribution in [0.3, 0.4) is 0 Å². The number of aromatic nitrogens is 1. The van der Waals surface area contributed by atoms with Crippen LogP contribution in [0.25, 0.3) is 0 Å². The quantitative estimate of drug-likeness (QED) is 0.634. The van der Waals surface area contributed by atoms with Crippen LogP contribution in [-0.4, -0.2) is 56.6 Å². The Morgan fingerprint density at radius 2 is 1.80 bits per heavy atom. The van der Waals surface area contributed by atoms with Crippen molar-refractivity contribution in [1.82, 2.24) is 15.2 Å². The van der Waals surface area contributed by atoms with E-state index in [-0.39, 0.29) is 24.4 Å². The van der Waals surface area contributed by atoms with Gasteiger partial charge in [-0.1, -0.05) is 24.3 Å². The maximum atomic E-state index is 12.9. The summed E-state index contributed by atoms with van der Waals surface area (Å²) in [5.41, 5.74) is 1.27. The predicted octanol–water partition coefficient (Wildman–Crippen LogP) is 1.62. The van der Waals surface area contributed by atoms with Crippen LogP contribution in [0.2, 0.25) is 0 Å². The van der Waals surface area contributed by atoms with Gasteiger partial charge >= 0.3 is 6.61 Å². The monoisotopic (exact) mass is 441 g/mol. The normalized spacial score (nSPS) is 11.2. The van der Waals surface area contributed by atoms with Crippen molar-refractivity contribution in [2.24, 2.45) is 0 Å². The van der Waals surface area contributed by atoms with E-state index in [1.807, 2.05) is 0 Å². The fourth-order valence-electron chi connectivity index (χ4n) is 2.60. The number of likely N-dealkylation sites (N-methyl/N-ethyl adjacent to an activating group) is 1. The Morgan fingerprint density at radius 1 is 1.17 bits per heavy atom. The molecule has 0 saturated heterocycles. The smallest absolute Gasteiger partial charge is 0.388 e. The summed E-state index contributed by atoms with van der Waals surface area (Å²) in [4.78, 5) is 29.6. The molecular formula is C19H21F2N3O5S. The zero-order valence-corrected chi connectivity index (χ0v) is 17.2. The summed E-state index contributed by atoms with van der Waals surface area (Å²) in [6.45, 7) is -3.32. The molecule has 0 unspecified atom stereocenters. The van der Waals surface area contributed by atoms with E-state index in [0.29, 0.717) is 11.1 Å². The molecular weight excluding hydrogens is 420 g/mol. The van der Waals surface area contributed by atoms with Gasteiger partial charge in [0.2, 0.25) is 11.8 Å². The number of alkyl halides is 2. The van der Waals surface area contributed by atoms with Crippen LogP contribution in [0.4, 0.5) is 8.78 Å². The highest BCUT2D eigenvalue weighted by molar-refractivity contribution is 7.89. The third-order valence-corrected chi connectivity index (χ3v) is 4.78. The summed E-state index contributed by atoms with van der Waals surface area (Å²) in [5.74, 6) is -1.53. The van der Waals surface area contributed by atoms with Crippen molar-refractivity contribution in [3.05, 3.63) is 59.3 Å². The van der Waals surface area contributed by atoms with Gasteiger partial charge in [0, 0.05) is 37.7 Å². The van der Waals surface area contributed by atoms with E-state index < -0.39 is 34.1 Å². The van der Waals surface area contributed by atoms with Crippen molar-refractivity contribution in [1.29, 1.82) is 0 Å². The minimum atomic E-state index is -3.18. The lowest BCUT2D eigenvalue weighted by Gasteiger charge is -2.22. The number of rotatable bonds is 9. The Hall–Kier alpha value is -3.08. The van der Waals surface area contributed by atoms with Crippen molar-refractivity contribution in [2.75, 3.05) is 19.8 Å². The molecule has 30 heavy (non-hydrogen) atoms. The molecule has 0 spiro atoms. The summed E-state index contributed by atoms with van der Waals surface area (Å²) in [7, 11) is -1.76. The number of carbonyl (C=O) groups is 2. The number of hydrogen-bond acceptors (Lipinski definition) is 6. The SMILES string of the molecule is CNC(=O)CN(Cc1ccc(CS(C)(=O)=O)cc1)C(=O)c1ccnc(OC(F)F)c1. The second kappa shape index (κ2) is 10.1. The van der Waals surface area contributed by atoms with Crippen LogP contribution < -0.4 is 10.1 Å². The van der Waals surface area contributed by atoms with Crippen molar-refractivity contribution >= 4 is 21.7 Å². The Kier molecular flexibility index (Phi) is 7.81. The van der Waals surface area contributed by atoms with E-state index in [0.717, 1.165) is 18.5 Å². The lowest BCUT2D eigenvalue weighted by atomic mass is 10.1. The second-order valence-corrected chi connectivity index (χ2v) is 8.62. The molecule has 162 valence electrons. The van der Waals surface area contributed by atoms with Crippen molar-refractivity contribution in [3.63, 3.8) is 0 Å². The van der Waals surface area contributed by atoms with Gasteiger partial charge in [0.1, 0.15) is 6.54 Å². The molecule has 2 aromatic rings. The van der Waals surface area contributed by atoms with Crippen molar-refractivity contribution in [2.45, 2.75) is 18.9 Å². The highest BCUT2D eigenvalue weighted by atomic mass is 32.2. The molecule has 0 saturated carbocycles. The highest BCUT2D eigenvalue weighted by Crippen LogP contribution is 2.16. The van der Waals surface area contributed by atoms with Crippen molar-refractivity contribution in [3.8, 4) is 5.88 Å². The number of halogens is 2. The zero-order chi connectivity index (χ0) is 22.3. The van der Waals surface area contributed by atoms with Gasteiger partial charge in [-0.2, -0.15) is 8.78 Å². The standard InChI is InChI=1S/C19H21F2N3O5S/c1-22-16(25)11-24(10-13-3-5-14(6-4-13)12-30(2,27)28)18(26)15-7-8-23-17(9-15)29-19(20)21/h3-9,19H,10-12H2,1-2H3,(H,22,25). The third-order valence-electron chi connectivity index (χ3n) is 3.92. The highest BCUT2D eigenvalue weighted by Gasteiger charge is 2.20. The Morgan fingerprint density at radius 3 is 2.37 bits per heavy atom. The van der Waals surface area contributed by atoms with Gasteiger partial charge in [-0.25, -0.2) is 13.4 Å². The lowest BCUT2D eigenvalue weighted by Crippen LogP contribution is -2.39. The summed E-state index contributed by atoms with van der Waals surface area (Å²) >= 11 is 0. The van der Waals surface area contributed by atoms with Gasteiger partial charge in [0.25, 0.3) is 5.91 Å². The van der Waals surface area contributed by atoms with Crippen LogP contribution in [0, 0.1) is 0 Å². The van der Waals surface area contributed by atoms with Crippen LogP contribution in [-0.2, 0) is 26.9 Å². The average molecular weight is 441 g/mol. The summed E-state index contributed by atoms with van der Waals surface area (Å²) in [5, 5.41) is 2.42. The minimum absolute atomic E-state index is 0.0262. The van der Waals surface area contributed by atoms with Crippen LogP contribution in [0.5, 0.6) is 5.88 Å². The molecule has 8 nitrogen and oxygen atoms in total. The van der Waals surface area contributed by atoms with Crippen LogP contribution in [0.1, 0.15) is 21.5 Å². The molecule has 1 aromatic heterocycles. The molecule has 0 aliphatic carbocycles. The number of ether oxygens (including phenoxy) is 1. The molecule has 0 fully saturated rings. The number of nitrogens with zero attached hydrogens (tertiary/aromatic N) is 2. The first-order valence-electron chi connectivity index (χ1n) is 8.73. The molecule has 1 N–H and O–H groups in total. The topological polar surface area (TPSA) is 106 Å². The zero-order valence-electron chi connectivity index (χ0n) is 16.3. The van der Waals surface area contributed by atoms with E-state index >= 15 is 0 Å². The fraction of sp³-hybridized carbons (Fsp3) is 0.316. The fourth-order valence-corrected chi connectivity index (χ4v) is 3.39. The molecule has 0 aliphatic heterocycles. The van der Waals surface area contributed by atoms with E-state index in [2.05, 4.69) is 15.0 Å². The first kappa shape index (κ1) is 23.2. The molecule has 0 bridgehead atoms. The van der Waals surface area contributed by atoms with Gasteiger partial charge < -0.3 is 15.0 Å². The largest absolute Gasteiger partial charge is 0.417 e. The van der Waals surface area contributed by atoms with Gasteiger partial charge in [-0.3, -0.25) is 9.59 Å². The van der Waals surface area contributed by atoms with Gasteiger partial charge in [-0.15, -0.1) is 0 Å². The van der Waals surface area contributed by atoms with Crippen LogP contribution in [0.15, 0.2) is 42.6 Å². The third kappa shape index (κ3) is 7.39. The predicted molar refractivity (Wildman–Crippen MR) is 105 cm³/mol. The summed E-state index contributed by atoms with van der Waals surface area (Å²) in [6, 6.07) is 8.96. The molecule has 0 aliphatic rings. The average Bonchev–Trinajstić information content (AvgIpc) is 2.66. The molecule has 2 amide bonds. The molecule has 2 rings (SSSR count). The first-order chi connectivity index (χ1) is 14.1. The summed E-state index contributed by atoms with van der Waals surface area (Å²) in [6.07, 6.45) is 2.29. The lowest BCUT2D eigenvalue weighted by molar-refractivity contribution is -0.121. The maximum absolute atomic E-state index is 12.9. The second-order valence-electron chi connectivity index (χ2n) is 6.48. The van der Waals surface area contributed by atoms with Gasteiger partial charge in [0.15, 0.2) is 9.84 Å². The number of pyridine rings is 1. The first-order valence-corrected chi connectivity index (χ1v) is 10.8. The molecule has 11 heteroatoms. The number of nitrogens with one attached hydrogen (secondary N) is 1. The number of sulfone groups is 1. The van der Waals surface area contributed by atoms with Crippen LogP contribution >= 0.6 is 0 Å². The van der Waals surface area contributed by atoms with E-state index in [4.69, 9.17) is 0 Å². The number of benzene rings is 1. The minimum Gasteiger partial charge on any atom is -0.417 e. The van der Waals surface area contributed by atoms with E-state index in [1.165, 1.54) is 18.0 Å². The van der Waals surface area contributed by atoms with Gasteiger partial charge in [0.05, 0.1) is 5.75 Å².